The lowest BCUT2D eigenvalue weighted by molar-refractivity contribution is 0.0958. The average Bonchev–Trinajstić information content (AvgIpc) is 3.46. The number of methoxy groups -OCH3 is 1. The first-order valence-electron chi connectivity index (χ1n) is 9.91. The molecule has 26 heavy (non-hydrogen) atoms. The van der Waals surface area contributed by atoms with Crippen molar-refractivity contribution in [1.82, 2.24) is 15.5 Å². The third-order valence-corrected chi connectivity index (χ3v) is 5.76. The Balaban J connectivity index is 1.50. The van der Waals surface area contributed by atoms with Crippen LogP contribution in [0.4, 0.5) is 4.79 Å². The minimum atomic E-state index is -0.145. The van der Waals surface area contributed by atoms with Crippen LogP contribution < -0.4 is 10.6 Å². The molecule has 2 N–H and O–H groups in total. The maximum absolute atomic E-state index is 12.5. The minimum absolute atomic E-state index is 0.0719. The van der Waals surface area contributed by atoms with E-state index in [2.05, 4.69) is 46.7 Å². The predicted molar refractivity (Wildman–Crippen MR) is 104 cm³/mol. The molecule has 2 fully saturated rings. The van der Waals surface area contributed by atoms with Crippen LogP contribution in [-0.4, -0.2) is 49.8 Å². The Morgan fingerprint density at radius 1 is 1.23 bits per heavy atom. The van der Waals surface area contributed by atoms with Crippen molar-refractivity contribution in [2.24, 2.45) is 5.92 Å². The predicted octanol–water partition coefficient (Wildman–Crippen LogP) is 3.08. The molecule has 5 heteroatoms. The molecule has 0 unspecified atom stereocenters. The molecule has 1 saturated heterocycles. The highest BCUT2D eigenvalue weighted by molar-refractivity contribution is 5.74. The van der Waals surface area contributed by atoms with E-state index in [0.717, 1.165) is 43.8 Å². The zero-order valence-electron chi connectivity index (χ0n) is 16.2. The van der Waals surface area contributed by atoms with Gasteiger partial charge in [0.1, 0.15) is 0 Å². The van der Waals surface area contributed by atoms with Crippen LogP contribution in [0, 0.1) is 12.8 Å². The van der Waals surface area contributed by atoms with Crippen molar-refractivity contribution >= 4 is 6.03 Å². The highest BCUT2D eigenvalue weighted by Gasteiger charge is 2.37. The minimum Gasteiger partial charge on any atom is -0.385 e. The van der Waals surface area contributed by atoms with Gasteiger partial charge in [-0.2, -0.15) is 0 Å². The Bertz CT molecular complexity index is 575. The Hall–Kier alpha value is -1.59. The van der Waals surface area contributed by atoms with Gasteiger partial charge >= 0.3 is 6.03 Å². The van der Waals surface area contributed by atoms with E-state index in [9.17, 15) is 4.79 Å². The second-order valence-electron chi connectivity index (χ2n) is 8.06. The zero-order chi connectivity index (χ0) is 18.4. The van der Waals surface area contributed by atoms with Gasteiger partial charge in [0.15, 0.2) is 0 Å². The lowest BCUT2D eigenvalue weighted by atomic mass is 9.84. The Labute approximate surface area is 157 Å². The number of hydrogen-bond acceptors (Lipinski definition) is 3. The lowest BCUT2D eigenvalue weighted by Crippen LogP contribution is -2.58. The fourth-order valence-corrected chi connectivity index (χ4v) is 3.74. The number of aryl methyl sites for hydroxylation is 1. The number of urea groups is 1. The smallest absolute Gasteiger partial charge is 0.315 e. The first-order valence-corrected chi connectivity index (χ1v) is 9.91. The summed E-state index contributed by atoms with van der Waals surface area (Å²) in [7, 11) is 1.73. The van der Waals surface area contributed by atoms with Crippen molar-refractivity contribution in [2.45, 2.75) is 51.1 Å². The highest BCUT2D eigenvalue weighted by Crippen LogP contribution is 2.32. The number of likely N-dealkylation sites (tertiary alicyclic amines) is 1. The molecule has 0 radical (unpaired) electrons. The zero-order valence-corrected chi connectivity index (χ0v) is 16.2. The van der Waals surface area contributed by atoms with Crippen molar-refractivity contribution in [3.05, 3.63) is 35.4 Å². The van der Waals surface area contributed by atoms with Crippen molar-refractivity contribution in [3.63, 3.8) is 0 Å². The molecule has 1 aliphatic heterocycles. The molecule has 2 amide bonds. The summed E-state index contributed by atoms with van der Waals surface area (Å²) in [5.74, 6) is 0.923. The van der Waals surface area contributed by atoms with Gasteiger partial charge in [-0.05, 0) is 50.5 Å². The maximum atomic E-state index is 12.5. The lowest BCUT2D eigenvalue weighted by Gasteiger charge is -2.42. The molecular weight excluding hydrogens is 326 g/mol. The van der Waals surface area contributed by atoms with Crippen LogP contribution in [0.5, 0.6) is 0 Å². The number of carbonyl (C=O) groups is 1. The van der Waals surface area contributed by atoms with E-state index in [4.69, 9.17) is 4.74 Å². The average molecular weight is 360 g/mol. The summed E-state index contributed by atoms with van der Waals surface area (Å²) in [4.78, 5) is 15.1. The van der Waals surface area contributed by atoms with Gasteiger partial charge in [0.2, 0.25) is 0 Å². The summed E-state index contributed by atoms with van der Waals surface area (Å²) >= 11 is 0. The first-order chi connectivity index (χ1) is 12.6. The summed E-state index contributed by atoms with van der Waals surface area (Å²) in [5, 5.41) is 6.30. The molecule has 1 saturated carbocycles. The number of hydrogen-bond donors (Lipinski definition) is 2. The second-order valence-corrected chi connectivity index (χ2v) is 8.06. The van der Waals surface area contributed by atoms with Crippen LogP contribution in [0.25, 0.3) is 0 Å². The van der Waals surface area contributed by atoms with Gasteiger partial charge in [-0.3, -0.25) is 0 Å². The van der Waals surface area contributed by atoms with Crippen molar-refractivity contribution < 1.29 is 9.53 Å². The number of rotatable bonds is 8. The molecular formula is C21H33N3O2. The second kappa shape index (κ2) is 8.87. The largest absolute Gasteiger partial charge is 0.385 e. The normalized spacial score (nSPS) is 19.9. The Morgan fingerprint density at radius 2 is 1.92 bits per heavy atom. The van der Waals surface area contributed by atoms with Gasteiger partial charge < -0.3 is 20.3 Å². The summed E-state index contributed by atoms with van der Waals surface area (Å²) in [6, 6.07) is 8.20. The molecule has 3 rings (SSSR count). The maximum Gasteiger partial charge on any atom is 0.315 e. The molecule has 1 aromatic rings. The van der Waals surface area contributed by atoms with E-state index in [1.807, 2.05) is 0 Å². The molecule has 2 aliphatic rings. The molecule has 1 heterocycles. The standard InChI is InChI=1S/C21H33N3O2/c1-17-3-5-18(6-4-17)15-22-20(25)23-21(11-14-26-2)9-12-24(13-10-21)16-19-7-8-19/h3-6,19H,7-16H2,1-2H3,(H2,22,23,25). The van der Waals surface area contributed by atoms with Crippen LogP contribution in [-0.2, 0) is 11.3 Å². The van der Waals surface area contributed by atoms with Gasteiger partial charge in [-0.15, -0.1) is 0 Å². The van der Waals surface area contributed by atoms with Crippen LogP contribution in [0.15, 0.2) is 24.3 Å². The van der Waals surface area contributed by atoms with Crippen LogP contribution >= 0.6 is 0 Å². The van der Waals surface area contributed by atoms with E-state index in [1.54, 1.807) is 7.11 Å². The number of piperidine rings is 1. The van der Waals surface area contributed by atoms with Crippen LogP contribution in [0.2, 0.25) is 0 Å². The topological polar surface area (TPSA) is 53.6 Å². The highest BCUT2D eigenvalue weighted by atomic mass is 16.5. The summed E-state index contributed by atoms with van der Waals surface area (Å²) < 4.78 is 5.31. The molecule has 1 aliphatic carbocycles. The summed E-state index contributed by atoms with van der Waals surface area (Å²) in [6.45, 7) is 6.68. The molecule has 0 bridgehead atoms. The summed E-state index contributed by atoms with van der Waals surface area (Å²) in [6.07, 6.45) is 5.66. The molecule has 5 nitrogen and oxygen atoms in total. The van der Waals surface area contributed by atoms with Gasteiger partial charge in [-0.1, -0.05) is 29.8 Å². The van der Waals surface area contributed by atoms with E-state index in [0.29, 0.717) is 13.2 Å². The van der Waals surface area contributed by atoms with Gasteiger partial charge in [-0.25, -0.2) is 4.79 Å². The first kappa shape index (κ1) is 19.2. The van der Waals surface area contributed by atoms with Gasteiger partial charge in [0, 0.05) is 45.4 Å². The van der Waals surface area contributed by atoms with E-state index in [-0.39, 0.29) is 11.6 Å². The number of ether oxygens (including phenoxy) is 1. The molecule has 144 valence electrons. The number of amides is 2. The molecule has 0 spiro atoms. The molecule has 0 atom stereocenters. The van der Waals surface area contributed by atoms with E-state index >= 15 is 0 Å². The molecule has 0 aromatic heterocycles. The third-order valence-electron chi connectivity index (χ3n) is 5.76. The number of benzene rings is 1. The number of carbonyl (C=O) groups excluding carboxylic acids is 1. The van der Waals surface area contributed by atoms with E-state index in [1.165, 1.54) is 24.9 Å². The summed E-state index contributed by atoms with van der Waals surface area (Å²) in [5.41, 5.74) is 2.21. The Morgan fingerprint density at radius 3 is 2.54 bits per heavy atom. The number of nitrogens with one attached hydrogen (secondary N) is 2. The van der Waals surface area contributed by atoms with Crippen molar-refractivity contribution in [2.75, 3.05) is 33.4 Å². The van der Waals surface area contributed by atoms with Gasteiger partial charge in [0.05, 0.1) is 0 Å². The third kappa shape index (κ3) is 5.71. The monoisotopic (exact) mass is 359 g/mol. The fourth-order valence-electron chi connectivity index (χ4n) is 3.74. The van der Waals surface area contributed by atoms with E-state index < -0.39 is 0 Å². The van der Waals surface area contributed by atoms with Crippen LogP contribution in [0.3, 0.4) is 0 Å². The van der Waals surface area contributed by atoms with Crippen molar-refractivity contribution in [3.8, 4) is 0 Å². The number of nitrogens with zero attached hydrogens (tertiary/aromatic N) is 1. The fraction of sp³-hybridized carbons (Fsp3) is 0.667. The Kier molecular flexibility index (Phi) is 6.54. The quantitative estimate of drug-likeness (QED) is 0.750. The SMILES string of the molecule is COCCC1(NC(=O)NCc2ccc(C)cc2)CCN(CC2CC2)CC1. The van der Waals surface area contributed by atoms with Gasteiger partial charge in [0.25, 0.3) is 0 Å². The van der Waals surface area contributed by atoms with Crippen LogP contribution in [0.1, 0.15) is 43.2 Å². The van der Waals surface area contributed by atoms with Crippen molar-refractivity contribution in [1.29, 1.82) is 0 Å². The molecule has 1 aromatic carbocycles.